The van der Waals surface area contributed by atoms with Crippen LogP contribution >= 0.6 is 11.6 Å². The van der Waals surface area contributed by atoms with Gasteiger partial charge >= 0.3 is 6.09 Å². The van der Waals surface area contributed by atoms with E-state index in [0.717, 1.165) is 0 Å². The van der Waals surface area contributed by atoms with Crippen LogP contribution in [0.1, 0.15) is 45.9 Å². The number of pyridine rings is 1. The first kappa shape index (κ1) is 18.6. The number of carbonyl (C=O) groups excluding carboxylic acids is 1. The zero-order valence-electron chi connectivity index (χ0n) is 13.3. The third kappa shape index (κ3) is 7.04. The Morgan fingerprint density at radius 2 is 2.14 bits per heavy atom. The molecule has 124 valence electrons. The Hall–Kier alpha value is -1.40. The number of alkyl carbamates (subject to hydrolysis) is 1. The van der Waals surface area contributed by atoms with Gasteiger partial charge in [0.15, 0.2) is 11.0 Å². The molecule has 0 aliphatic rings. The monoisotopic (exact) mass is 332 g/mol. The lowest BCUT2D eigenvalue weighted by molar-refractivity contribution is 0.0483. The van der Waals surface area contributed by atoms with Gasteiger partial charge in [-0.2, -0.15) is 0 Å². The molecular formula is C15H22ClFN2O3. The molecule has 0 saturated carbocycles. The van der Waals surface area contributed by atoms with E-state index in [4.69, 9.17) is 21.1 Å². The molecule has 1 rings (SSSR count). The van der Waals surface area contributed by atoms with Crippen molar-refractivity contribution in [3.05, 3.63) is 28.8 Å². The maximum atomic E-state index is 13.0. The smallest absolute Gasteiger partial charge is 0.407 e. The predicted octanol–water partition coefficient (Wildman–Crippen LogP) is 3.87. The van der Waals surface area contributed by atoms with E-state index in [1.54, 1.807) is 27.7 Å². The van der Waals surface area contributed by atoms with E-state index < -0.39 is 17.5 Å². The Morgan fingerprint density at radius 3 is 2.73 bits per heavy atom. The number of hydrogen-bond acceptors (Lipinski definition) is 4. The molecule has 0 aliphatic carbocycles. The summed E-state index contributed by atoms with van der Waals surface area (Å²) in [6.07, 6.45) is -0.134. The van der Waals surface area contributed by atoms with Gasteiger partial charge in [-0.05, 0) is 46.2 Å². The van der Waals surface area contributed by atoms with E-state index in [-0.39, 0.29) is 11.3 Å². The first-order chi connectivity index (χ1) is 10.2. The summed E-state index contributed by atoms with van der Waals surface area (Å²) in [4.78, 5) is 15.3. The van der Waals surface area contributed by atoms with Crippen molar-refractivity contribution in [3.8, 4) is 0 Å². The predicted molar refractivity (Wildman–Crippen MR) is 82.4 cm³/mol. The van der Waals surface area contributed by atoms with Gasteiger partial charge in [0.1, 0.15) is 5.60 Å². The van der Waals surface area contributed by atoms with E-state index in [1.807, 2.05) is 0 Å². The zero-order valence-corrected chi connectivity index (χ0v) is 14.0. The fraction of sp³-hybridized carbons (Fsp3) is 0.600. The Morgan fingerprint density at radius 1 is 1.45 bits per heavy atom. The summed E-state index contributed by atoms with van der Waals surface area (Å²) in [5.41, 5.74) is 0.0503. The highest BCUT2D eigenvalue weighted by atomic mass is 35.5. The molecule has 0 fully saturated rings. The number of hydrogen-bond donors (Lipinski definition) is 1. The molecule has 1 aromatic rings. The average Bonchev–Trinajstić information content (AvgIpc) is 2.39. The highest BCUT2D eigenvalue weighted by molar-refractivity contribution is 6.29. The first-order valence-corrected chi connectivity index (χ1v) is 7.47. The van der Waals surface area contributed by atoms with Crippen LogP contribution in [0.3, 0.4) is 0 Å². The number of halogens is 2. The van der Waals surface area contributed by atoms with E-state index in [0.29, 0.717) is 25.3 Å². The van der Waals surface area contributed by atoms with Crippen LogP contribution < -0.4 is 5.32 Å². The molecule has 1 aromatic heterocycles. The van der Waals surface area contributed by atoms with Crippen molar-refractivity contribution in [2.75, 3.05) is 13.2 Å². The number of nitrogens with one attached hydrogen (secondary N) is 1. The standard InChI is InChI=1S/C15H22ClFN2O3/c1-10(12-7-6-11(17)13(16)19-12)21-9-5-8-18-14(20)22-15(2,3)4/h6-7,10H,5,8-9H2,1-4H3,(H,18,20). The molecule has 0 saturated heterocycles. The Bertz CT molecular complexity index is 506. The highest BCUT2D eigenvalue weighted by Gasteiger charge is 2.15. The zero-order chi connectivity index (χ0) is 16.8. The van der Waals surface area contributed by atoms with E-state index >= 15 is 0 Å². The van der Waals surface area contributed by atoms with Crippen LogP contribution in [-0.2, 0) is 9.47 Å². The van der Waals surface area contributed by atoms with Crippen LogP contribution in [0.25, 0.3) is 0 Å². The number of carbonyl (C=O) groups is 1. The summed E-state index contributed by atoms with van der Waals surface area (Å²) in [6, 6.07) is 2.79. The normalized spacial score (nSPS) is 12.8. The number of ether oxygens (including phenoxy) is 2. The fourth-order valence-electron chi connectivity index (χ4n) is 1.58. The molecule has 0 spiro atoms. The lowest BCUT2D eigenvalue weighted by Gasteiger charge is -2.19. The SMILES string of the molecule is CC(OCCCNC(=O)OC(C)(C)C)c1ccc(F)c(Cl)n1. The second-order valence-corrected chi connectivity index (χ2v) is 6.16. The van der Waals surface area contributed by atoms with Crippen molar-refractivity contribution in [2.45, 2.75) is 45.8 Å². The van der Waals surface area contributed by atoms with Gasteiger partial charge in [0.2, 0.25) is 0 Å². The summed E-state index contributed by atoms with van der Waals surface area (Å²) in [7, 11) is 0. The molecule has 0 bridgehead atoms. The number of rotatable bonds is 6. The second-order valence-electron chi connectivity index (χ2n) is 5.80. The van der Waals surface area contributed by atoms with Crippen LogP contribution in [-0.4, -0.2) is 29.8 Å². The summed E-state index contributed by atoms with van der Waals surface area (Å²) in [6.45, 7) is 8.08. The van der Waals surface area contributed by atoms with Gasteiger partial charge in [0, 0.05) is 13.2 Å². The molecule has 7 heteroatoms. The summed E-state index contributed by atoms with van der Waals surface area (Å²) >= 11 is 5.63. The van der Waals surface area contributed by atoms with Crippen LogP contribution in [0, 0.1) is 5.82 Å². The summed E-state index contributed by atoms with van der Waals surface area (Å²) in [5, 5.41) is 2.47. The fourth-order valence-corrected chi connectivity index (χ4v) is 1.74. The molecule has 0 radical (unpaired) electrons. The van der Waals surface area contributed by atoms with Crippen molar-refractivity contribution in [2.24, 2.45) is 0 Å². The third-order valence-corrected chi connectivity index (χ3v) is 2.86. The minimum Gasteiger partial charge on any atom is -0.444 e. The lowest BCUT2D eigenvalue weighted by Crippen LogP contribution is -2.33. The molecule has 1 atom stereocenters. The number of aromatic nitrogens is 1. The maximum absolute atomic E-state index is 13.0. The highest BCUT2D eigenvalue weighted by Crippen LogP contribution is 2.19. The maximum Gasteiger partial charge on any atom is 0.407 e. The van der Waals surface area contributed by atoms with Gasteiger partial charge < -0.3 is 14.8 Å². The molecule has 1 amide bonds. The van der Waals surface area contributed by atoms with Crippen LogP contribution in [0.5, 0.6) is 0 Å². The van der Waals surface area contributed by atoms with Crippen molar-refractivity contribution in [3.63, 3.8) is 0 Å². The molecule has 1 unspecified atom stereocenters. The Balaban J connectivity index is 2.24. The van der Waals surface area contributed by atoms with E-state index in [2.05, 4.69) is 10.3 Å². The van der Waals surface area contributed by atoms with Gasteiger partial charge in [0.05, 0.1) is 11.8 Å². The molecule has 0 aliphatic heterocycles. The van der Waals surface area contributed by atoms with E-state index in [1.165, 1.54) is 12.1 Å². The van der Waals surface area contributed by atoms with Gasteiger partial charge in [-0.1, -0.05) is 11.6 Å². The quantitative estimate of drug-likeness (QED) is 0.634. The minimum absolute atomic E-state index is 0.167. The summed E-state index contributed by atoms with van der Waals surface area (Å²) < 4.78 is 23.7. The third-order valence-electron chi connectivity index (χ3n) is 2.60. The van der Waals surface area contributed by atoms with Crippen LogP contribution in [0.4, 0.5) is 9.18 Å². The number of nitrogens with zero attached hydrogens (tertiary/aromatic N) is 1. The van der Waals surface area contributed by atoms with E-state index in [9.17, 15) is 9.18 Å². The molecule has 0 aromatic carbocycles. The van der Waals surface area contributed by atoms with Gasteiger partial charge in [-0.25, -0.2) is 14.2 Å². The first-order valence-electron chi connectivity index (χ1n) is 7.09. The largest absolute Gasteiger partial charge is 0.444 e. The average molecular weight is 333 g/mol. The summed E-state index contributed by atoms with van der Waals surface area (Å²) in [5.74, 6) is -0.556. The van der Waals surface area contributed by atoms with Gasteiger partial charge in [-0.3, -0.25) is 0 Å². The lowest BCUT2D eigenvalue weighted by atomic mass is 10.2. The van der Waals surface area contributed by atoms with Gasteiger partial charge in [-0.15, -0.1) is 0 Å². The number of amides is 1. The molecule has 22 heavy (non-hydrogen) atoms. The topological polar surface area (TPSA) is 60.5 Å². The second kappa shape index (κ2) is 8.29. The van der Waals surface area contributed by atoms with Crippen molar-refractivity contribution in [1.82, 2.24) is 10.3 Å². The molecular weight excluding hydrogens is 311 g/mol. The molecule has 1 N–H and O–H groups in total. The Labute approximate surface area is 135 Å². The van der Waals surface area contributed by atoms with Crippen molar-refractivity contribution < 1.29 is 18.7 Å². The molecule has 1 heterocycles. The van der Waals surface area contributed by atoms with Crippen LogP contribution in [0.2, 0.25) is 5.15 Å². The van der Waals surface area contributed by atoms with Crippen molar-refractivity contribution >= 4 is 17.7 Å². The van der Waals surface area contributed by atoms with Gasteiger partial charge in [0.25, 0.3) is 0 Å². The Kier molecular flexibility index (Phi) is 7.03. The molecule has 5 nitrogen and oxygen atoms in total. The van der Waals surface area contributed by atoms with Crippen molar-refractivity contribution in [1.29, 1.82) is 0 Å². The van der Waals surface area contributed by atoms with Crippen LogP contribution in [0.15, 0.2) is 12.1 Å². The minimum atomic E-state index is -0.556.